The zero-order chi connectivity index (χ0) is 17.6. The van der Waals surface area contributed by atoms with E-state index >= 15 is 0 Å². The van der Waals surface area contributed by atoms with Crippen LogP contribution in [-0.2, 0) is 7.05 Å². The molecule has 1 unspecified atom stereocenters. The first-order valence-corrected chi connectivity index (χ1v) is 8.03. The van der Waals surface area contributed by atoms with Gasteiger partial charge in [0.05, 0.1) is 0 Å². The van der Waals surface area contributed by atoms with E-state index in [1.54, 1.807) is 24.9 Å². The summed E-state index contributed by atoms with van der Waals surface area (Å²) in [5.74, 6) is -2.33. The molecule has 0 radical (unpaired) electrons. The van der Waals surface area contributed by atoms with Crippen molar-refractivity contribution < 1.29 is 8.78 Å². The van der Waals surface area contributed by atoms with Crippen LogP contribution in [0, 0.1) is 0 Å². The van der Waals surface area contributed by atoms with Gasteiger partial charge in [0.1, 0.15) is 10.7 Å². The summed E-state index contributed by atoms with van der Waals surface area (Å²) >= 11 is 5.98. The van der Waals surface area contributed by atoms with Crippen molar-refractivity contribution in [2.45, 2.75) is 31.7 Å². The second-order valence-corrected chi connectivity index (χ2v) is 6.53. The topological polar surface area (TPSA) is 77.0 Å². The van der Waals surface area contributed by atoms with E-state index in [1.165, 1.54) is 4.57 Å². The highest BCUT2D eigenvalue weighted by Gasteiger charge is 2.35. The minimum Gasteiger partial charge on any atom is -0.342 e. The smallest absolute Gasteiger partial charge is 0.281 e. The first kappa shape index (κ1) is 17.0. The average Bonchev–Trinajstić information content (AvgIpc) is 2.51. The molecule has 1 aliphatic heterocycles. The van der Waals surface area contributed by atoms with Crippen LogP contribution in [0.2, 0.25) is 5.15 Å². The third-order valence-corrected chi connectivity index (χ3v) is 4.47. The molecule has 0 aliphatic carbocycles. The molecule has 3 heterocycles. The number of hydrogen-bond donors (Lipinski definition) is 1. The van der Waals surface area contributed by atoms with E-state index in [-0.39, 0.29) is 42.2 Å². The van der Waals surface area contributed by atoms with Crippen molar-refractivity contribution in [2.24, 2.45) is 12.8 Å². The van der Waals surface area contributed by atoms with Crippen LogP contribution >= 0.6 is 11.6 Å². The summed E-state index contributed by atoms with van der Waals surface area (Å²) in [6.07, 6.45) is -0.528. The molecule has 0 amide bonds. The van der Waals surface area contributed by atoms with Crippen molar-refractivity contribution in [3.05, 3.63) is 27.1 Å². The summed E-state index contributed by atoms with van der Waals surface area (Å²) in [6.45, 7) is 2.02. The Morgan fingerprint density at radius 1 is 1.29 bits per heavy atom. The lowest BCUT2D eigenvalue weighted by Crippen LogP contribution is -2.42. The Morgan fingerprint density at radius 3 is 2.50 bits per heavy atom. The number of halogens is 3. The van der Waals surface area contributed by atoms with Gasteiger partial charge in [0.25, 0.3) is 11.5 Å². The van der Waals surface area contributed by atoms with E-state index in [0.29, 0.717) is 17.0 Å². The van der Waals surface area contributed by atoms with Gasteiger partial charge in [-0.3, -0.25) is 9.36 Å². The Morgan fingerprint density at radius 2 is 1.92 bits per heavy atom. The van der Waals surface area contributed by atoms with Crippen LogP contribution in [0.3, 0.4) is 0 Å². The molecule has 24 heavy (non-hydrogen) atoms. The van der Waals surface area contributed by atoms with Crippen molar-refractivity contribution in [1.29, 1.82) is 0 Å². The number of aromatic nitrogens is 3. The third kappa shape index (κ3) is 2.95. The highest BCUT2D eigenvalue weighted by molar-refractivity contribution is 6.29. The summed E-state index contributed by atoms with van der Waals surface area (Å²) in [7, 11) is 1.55. The number of pyridine rings is 1. The van der Waals surface area contributed by atoms with Gasteiger partial charge < -0.3 is 10.6 Å². The van der Waals surface area contributed by atoms with Crippen molar-refractivity contribution >= 4 is 28.6 Å². The van der Waals surface area contributed by atoms with E-state index in [0.717, 1.165) is 0 Å². The highest BCUT2D eigenvalue weighted by atomic mass is 35.5. The number of hydrogen-bond acceptors (Lipinski definition) is 5. The molecule has 0 spiro atoms. The molecule has 1 fully saturated rings. The molecule has 2 aromatic heterocycles. The minimum atomic E-state index is -2.67. The molecule has 1 saturated heterocycles. The lowest BCUT2D eigenvalue weighted by molar-refractivity contribution is -0.0223. The lowest BCUT2D eigenvalue weighted by atomic mass is 10.1. The number of anilines is 1. The van der Waals surface area contributed by atoms with Gasteiger partial charge in [-0.25, -0.2) is 18.7 Å². The molecule has 130 valence electrons. The largest absolute Gasteiger partial charge is 0.342 e. The van der Waals surface area contributed by atoms with Crippen LogP contribution in [0.5, 0.6) is 0 Å². The van der Waals surface area contributed by atoms with Crippen molar-refractivity contribution in [2.75, 3.05) is 18.0 Å². The maximum Gasteiger partial charge on any atom is 0.281 e. The van der Waals surface area contributed by atoms with Gasteiger partial charge in [-0.15, -0.1) is 0 Å². The second-order valence-electron chi connectivity index (χ2n) is 6.14. The molecule has 0 bridgehead atoms. The Hall–Kier alpha value is -1.80. The van der Waals surface area contributed by atoms with E-state index in [2.05, 4.69) is 9.97 Å². The zero-order valence-corrected chi connectivity index (χ0v) is 14.1. The van der Waals surface area contributed by atoms with Crippen LogP contribution in [0.4, 0.5) is 14.7 Å². The minimum absolute atomic E-state index is 0.128. The first-order chi connectivity index (χ1) is 11.2. The summed E-state index contributed by atoms with van der Waals surface area (Å²) in [5, 5.41) is 0.166. The molecule has 0 saturated carbocycles. The Kier molecular flexibility index (Phi) is 4.21. The molecule has 1 atom stereocenters. The van der Waals surface area contributed by atoms with Gasteiger partial charge in [0.15, 0.2) is 5.52 Å². The maximum absolute atomic E-state index is 13.4. The first-order valence-electron chi connectivity index (χ1n) is 7.65. The standard InChI is InChI=1S/C15H18ClF2N5O/c1-8(19)9-7-10(16)20-12-11(9)21-14(22(2)13(12)24)23-5-3-15(17,18)4-6-23/h7-8H,3-6,19H2,1-2H3. The lowest BCUT2D eigenvalue weighted by Gasteiger charge is -2.33. The molecule has 6 nitrogen and oxygen atoms in total. The fourth-order valence-electron chi connectivity index (χ4n) is 2.88. The number of fused-ring (bicyclic) bond motifs is 1. The van der Waals surface area contributed by atoms with Gasteiger partial charge in [-0.05, 0) is 18.6 Å². The molecule has 1 aliphatic rings. The van der Waals surface area contributed by atoms with Gasteiger partial charge in [0.2, 0.25) is 5.95 Å². The normalized spacial score (nSPS) is 18.8. The van der Waals surface area contributed by atoms with Crippen molar-refractivity contribution in [3.63, 3.8) is 0 Å². The summed E-state index contributed by atoms with van der Waals surface area (Å²) in [6, 6.07) is 1.18. The van der Waals surface area contributed by atoms with Crippen LogP contribution in [0.15, 0.2) is 10.9 Å². The van der Waals surface area contributed by atoms with E-state index in [1.807, 2.05) is 0 Å². The number of rotatable bonds is 2. The molecular formula is C15H18ClF2N5O. The van der Waals surface area contributed by atoms with E-state index in [9.17, 15) is 13.6 Å². The quantitative estimate of drug-likeness (QED) is 0.834. The SMILES string of the molecule is CC(N)c1cc(Cl)nc2c(=O)n(C)c(N3CCC(F)(F)CC3)nc12. The average molecular weight is 358 g/mol. The molecule has 3 rings (SSSR count). The Labute approximate surface area is 142 Å². The number of nitrogens with two attached hydrogens (primary N) is 1. The zero-order valence-electron chi connectivity index (χ0n) is 13.4. The highest BCUT2D eigenvalue weighted by Crippen LogP contribution is 2.30. The Balaban J connectivity index is 2.17. The predicted octanol–water partition coefficient (Wildman–Crippen LogP) is 2.24. The van der Waals surface area contributed by atoms with Gasteiger partial charge in [0, 0.05) is 39.0 Å². The molecule has 2 N–H and O–H groups in total. The fraction of sp³-hybridized carbons (Fsp3) is 0.533. The van der Waals surface area contributed by atoms with Crippen LogP contribution in [0.25, 0.3) is 11.0 Å². The number of alkyl halides is 2. The van der Waals surface area contributed by atoms with Crippen LogP contribution in [-0.4, -0.2) is 33.5 Å². The second kappa shape index (κ2) is 5.93. The molecule has 9 heteroatoms. The molecule has 2 aromatic rings. The third-order valence-electron chi connectivity index (χ3n) is 4.28. The predicted molar refractivity (Wildman–Crippen MR) is 88.8 cm³/mol. The van der Waals surface area contributed by atoms with Crippen molar-refractivity contribution in [3.8, 4) is 0 Å². The Bertz CT molecular complexity index is 842. The van der Waals surface area contributed by atoms with E-state index in [4.69, 9.17) is 17.3 Å². The summed E-state index contributed by atoms with van der Waals surface area (Å²) in [5.41, 5.74) is 6.67. The summed E-state index contributed by atoms with van der Waals surface area (Å²) in [4.78, 5) is 22.9. The maximum atomic E-state index is 13.4. The molecular weight excluding hydrogens is 340 g/mol. The monoisotopic (exact) mass is 357 g/mol. The van der Waals surface area contributed by atoms with Crippen LogP contribution in [0.1, 0.15) is 31.4 Å². The number of piperidine rings is 1. The summed E-state index contributed by atoms with van der Waals surface area (Å²) < 4.78 is 28.1. The number of nitrogens with zero attached hydrogens (tertiary/aromatic N) is 4. The van der Waals surface area contributed by atoms with Crippen LogP contribution < -0.4 is 16.2 Å². The molecule has 0 aromatic carbocycles. The van der Waals surface area contributed by atoms with Gasteiger partial charge in [-0.1, -0.05) is 11.6 Å². The fourth-order valence-corrected chi connectivity index (χ4v) is 3.08. The van der Waals surface area contributed by atoms with E-state index < -0.39 is 12.0 Å². The van der Waals surface area contributed by atoms with Gasteiger partial charge in [-0.2, -0.15) is 0 Å². The van der Waals surface area contributed by atoms with Gasteiger partial charge >= 0.3 is 0 Å². The van der Waals surface area contributed by atoms with Crippen molar-refractivity contribution in [1.82, 2.24) is 14.5 Å².